The second-order valence-corrected chi connectivity index (χ2v) is 4.90. The second kappa shape index (κ2) is 1.52. The van der Waals surface area contributed by atoms with E-state index >= 15 is 0 Å². The molecule has 0 unspecified atom stereocenters. The molecule has 2 N–H and O–H groups in total. The van der Waals surface area contributed by atoms with Gasteiger partial charge in [-0.25, -0.2) is 4.98 Å². The average molecular weight is 166 g/mol. The topological polar surface area (TPSA) is 38.9 Å². The Kier molecular flexibility index (Phi) is 0.848. The van der Waals surface area contributed by atoms with E-state index in [4.69, 9.17) is 5.73 Å². The molecule has 3 heteroatoms. The first-order valence-electron chi connectivity index (χ1n) is 3.91. The van der Waals surface area contributed by atoms with Crippen LogP contribution in [0.3, 0.4) is 0 Å². The summed E-state index contributed by atoms with van der Waals surface area (Å²) in [5.74, 6) is 0. The molecular formula is C8H10N2S. The number of aromatic nitrogens is 1. The third-order valence-corrected chi connectivity index (χ3v) is 3.98. The van der Waals surface area contributed by atoms with E-state index in [2.05, 4.69) is 10.4 Å². The predicted octanol–water partition coefficient (Wildman–Crippen LogP) is 1.28. The van der Waals surface area contributed by atoms with Crippen LogP contribution in [0.15, 0.2) is 11.6 Å². The van der Waals surface area contributed by atoms with Gasteiger partial charge in [-0.1, -0.05) is 0 Å². The third-order valence-electron chi connectivity index (χ3n) is 2.96. The van der Waals surface area contributed by atoms with Crippen molar-refractivity contribution >= 4 is 11.3 Å². The molecule has 4 rings (SSSR count). The maximum atomic E-state index is 5.96. The van der Waals surface area contributed by atoms with Gasteiger partial charge in [0.1, 0.15) is 0 Å². The highest BCUT2D eigenvalue weighted by Crippen LogP contribution is 2.66. The third kappa shape index (κ3) is 0.590. The molecule has 0 radical (unpaired) electrons. The molecule has 58 valence electrons. The van der Waals surface area contributed by atoms with Crippen LogP contribution >= 0.6 is 11.3 Å². The minimum Gasteiger partial charge on any atom is -0.325 e. The van der Waals surface area contributed by atoms with Gasteiger partial charge in [0.15, 0.2) is 0 Å². The normalized spacial score (nSPS) is 46.3. The molecule has 3 saturated carbocycles. The quantitative estimate of drug-likeness (QED) is 0.682. The van der Waals surface area contributed by atoms with Gasteiger partial charge in [-0.3, -0.25) is 0 Å². The van der Waals surface area contributed by atoms with Crippen LogP contribution in [-0.2, 0) is 5.41 Å². The predicted molar refractivity (Wildman–Crippen MR) is 44.6 cm³/mol. The van der Waals surface area contributed by atoms with Gasteiger partial charge in [-0.05, 0) is 19.3 Å². The van der Waals surface area contributed by atoms with Crippen LogP contribution < -0.4 is 5.73 Å². The van der Waals surface area contributed by atoms with E-state index in [9.17, 15) is 0 Å². The van der Waals surface area contributed by atoms with Gasteiger partial charge in [0.05, 0.1) is 5.01 Å². The van der Waals surface area contributed by atoms with Gasteiger partial charge >= 0.3 is 0 Å². The lowest BCUT2D eigenvalue weighted by Crippen LogP contribution is -2.74. The van der Waals surface area contributed by atoms with Crippen LogP contribution in [0.1, 0.15) is 24.3 Å². The highest BCUT2D eigenvalue weighted by Gasteiger charge is 2.67. The molecule has 1 heterocycles. The second-order valence-electron chi connectivity index (χ2n) is 4.01. The van der Waals surface area contributed by atoms with E-state index in [1.807, 2.05) is 6.20 Å². The minimum absolute atomic E-state index is 0.214. The summed E-state index contributed by atoms with van der Waals surface area (Å²) in [4.78, 5) is 4.34. The first kappa shape index (κ1) is 6.14. The lowest BCUT2D eigenvalue weighted by atomic mass is 9.40. The van der Waals surface area contributed by atoms with Crippen molar-refractivity contribution in [2.45, 2.75) is 30.2 Å². The van der Waals surface area contributed by atoms with Crippen molar-refractivity contribution < 1.29 is 0 Å². The standard InChI is InChI=1S/C8H10N2S/c9-8-3-7(4-8,5-8)6-10-1-2-11-6/h1-2H,3-5,9H2. The molecular weight excluding hydrogens is 156 g/mol. The molecule has 0 aromatic carbocycles. The average Bonchev–Trinajstić information content (AvgIpc) is 2.28. The zero-order chi connectivity index (χ0) is 7.53. The molecule has 1 aromatic rings. The van der Waals surface area contributed by atoms with E-state index < -0.39 is 0 Å². The molecule has 0 amide bonds. The van der Waals surface area contributed by atoms with Crippen LogP contribution in [0.4, 0.5) is 0 Å². The van der Waals surface area contributed by atoms with E-state index in [1.54, 1.807) is 11.3 Å². The number of hydrogen-bond donors (Lipinski definition) is 1. The lowest BCUT2D eigenvalue weighted by Gasteiger charge is -2.68. The Hall–Kier alpha value is -0.410. The SMILES string of the molecule is NC12CC(c3nccs3)(C1)C2. The van der Waals surface area contributed by atoms with E-state index in [1.165, 1.54) is 24.3 Å². The first-order chi connectivity index (χ1) is 5.23. The summed E-state index contributed by atoms with van der Waals surface area (Å²) < 4.78 is 0. The van der Waals surface area contributed by atoms with Gasteiger partial charge in [0, 0.05) is 22.5 Å². The minimum atomic E-state index is 0.214. The zero-order valence-corrected chi connectivity index (χ0v) is 7.03. The largest absolute Gasteiger partial charge is 0.325 e. The van der Waals surface area contributed by atoms with Crippen molar-refractivity contribution in [1.29, 1.82) is 0 Å². The summed E-state index contributed by atoms with van der Waals surface area (Å²) in [6.07, 6.45) is 5.41. The summed E-state index contributed by atoms with van der Waals surface area (Å²) >= 11 is 1.78. The van der Waals surface area contributed by atoms with Crippen molar-refractivity contribution in [2.24, 2.45) is 5.73 Å². The van der Waals surface area contributed by atoms with Crippen molar-refractivity contribution in [3.63, 3.8) is 0 Å². The zero-order valence-electron chi connectivity index (χ0n) is 6.21. The Morgan fingerprint density at radius 2 is 2.18 bits per heavy atom. The summed E-state index contributed by atoms with van der Waals surface area (Å²) in [5, 5.41) is 3.36. The molecule has 0 atom stereocenters. The Morgan fingerprint density at radius 1 is 1.45 bits per heavy atom. The van der Waals surface area contributed by atoms with Crippen LogP contribution in [0, 0.1) is 0 Å². The van der Waals surface area contributed by atoms with Crippen LogP contribution in [0.2, 0.25) is 0 Å². The molecule has 0 spiro atoms. The number of nitrogens with zero attached hydrogens (tertiary/aromatic N) is 1. The monoisotopic (exact) mass is 166 g/mol. The van der Waals surface area contributed by atoms with Gasteiger partial charge in [-0.15, -0.1) is 11.3 Å². The fourth-order valence-corrected chi connectivity index (χ4v) is 3.42. The summed E-state index contributed by atoms with van der Waals surface area (Å²) in [7, 11) is 0. The molecule has 3 fully saturated rings. The van der Waals surface area contributed by atoms with Crippen molar-refractivity contribution in [3.05, 3.63) is 16.6 Å². The highest BCUT2D eigenvalue weighted by atomic mass is 32.1. The number of rotatable bonds is 1. The van der Waals surface area contributed by atoms with E-state index in [0.29, 0.717) is 5.41 Å². The smallest absolute Gasteiger partial charge is 0.0988 e. The Labute approximate surface area is 69.4 Å². The van der Waals surface area contributed by atoms with Crippen LogP contribution in [-0.4, -0.2) is 10.5 Å². The fourth-order valence-electron chi connectivity index (χ4n) is 2.58. The fraction of sp³-hybridized carbons (Fsp3) is 0.625. The summed E-state index contributed by atoms with van der Waals surface area (Å²) in [6.45, 7) is 0. The van der Waals surface area contributed by atoms with Crippen LogP contribution in [0.25, 0.3) is 0 Å². The Morgan fingerprint density at radius 3 is 2.64 bits per heavy atom. The molecule has 0 aliphatic heterocycles. The Balaban J connectivity index is 1.94. The first-order valence-corrected chi connectivity index (χ1v) is 4.79. The molecule has 3 aliphatic rings. The Bertz CT molecular complexity index is 271. The molecule has 2 nitrogen and oxygen atoms in total. The molecule has 1 aromatic heterocycles. The number of hydrogen-bond acceptors (Lipinski definition) is 3. The van der Waals surface area contributed by atoms with Gasteiger partial charge < -0.3 is 5.73 Å². The van der Waals surface area contributed by atoms with Gasteiger partial charge in [-0.2, -0.15) is 0 Å². The maximum Gasteiger partial charge on any atom is 0.0988 e. The van der Waals surface area contributed by atoms with Crippen molar-refractivity contribution in [1.82, 2.24) is 4.98 Å². The molecule has 0 saturated heterocycles. The lowest BCUT2D eigenvalue weighted by molar-refractivity contribution is -0.0590. The summed E-state index contributed by atoms with van der Waals surface area (Å²) in [6, 6.07) is 0. The van der Waals surface area contributed by atoms with Crippen molar-refractivity contribution in [2.75, 3.05) is 0 Å². The molecule has 3 aliphatic carbocycles. The van der Waals surface area contributed by atoms with Gasteiger partial charge in [0.25, 0.3) is 0 Å². The molecule has 11 heavy (non-hydrogen) atoms. The van der Waals surface area contributed by atoms with E-state index in [0.717, 1.165) is 0 Å². The van der Waals surface area contributed by atoms with E-state index in [-0.39, 0.29) is 5.54 Å². The number of thiazole rings is 1. The maximum absolute atomic E-state index is 5.96. The van der Waals surface area contributed by atoms with Crippen molar-refractivity contribution in [3.8, 4) is 0 Å². The number of nitrogens with two attached hydrogens (primary N) is 1. The summed E-state index contributed by atoms with van der Waals surface area (Å²) in [5.41, 5.74) is 6.60. The molecule has 2 bridgehead atoms. The highest BCUT2D eigenvalue weighted by molar-refractivity contribution is 7.09. The van der Waals surface area contributed by atoms with Crippen LogP contribution in [0.5, 0.6) is 0 Å². The van der Waals surface area contributed by atoms with Gasteiger partial charge in [0.2, 0.25) is 0 Å².